The van der Waals surface area contributed by atoms with E-state index in [0.717, 1.165) is 45.1 Å². The summed E-state index contributed by atoms with van der Waals surface area (Å²) >= 11 is 0. The van der Waals surface area contributed by atoms with E-state index in [1.807, 2.05) is 0 Å². The van der Waals surface area contributed by atoms with Gasteiger partial charge in [0.15, 0.2) is 5.78 Å². The normalized spacial score (nSPS) is 16.2. The zero-order valence-corrected chi connectivity index (χ0v) is 13.8. The second kappa shape index (κ2) is 10.2. The van der Waals surface area contributed by atoms with Gasteiger partial charge in [-0.1, -0.05) is 0 Å². The SMILES string of the molecule is O=C(/C=C(\CCCO)NCCN1CCOCC1)c1ccc(F)cc1. The molecule has 2 rings (SSSR count). The lowest BCUT2D eigenvalue weighted by Gasteiger charge is -2.26. The van der Waals surface area contributed by atoms with Crippen LogP contribution >= 0.6 is 0 Å². The fourth-order valence-electron chi connectivity index (χ4n) is 2.54. The summed E-state index contributed by atoms with van der Waals surface area (Å²) in [6.07, 6.45) is 2.74. The second-order valence-corrected chi connectivity index (χ2v) is 5.75. The van der Waals surface area contributed by atoms with Crippen molar-refractivity contribution in [2.24, 2.45) is 0 Å². The molecular formula is C18H25FN2O3. The number of halogens is 1. The van der Waals surface area contributed by atoms with Crippen molar-refractivity contribution in [3.8, 4) is 0 Å². The van der Waals surface area contributed by atoms with Gasteiger partial charge in [-0.25, -0.2) is 4.39 Å². The number of ketones is 1. The molecule has 24 heavy (non-hydrogen) atoms. The fraction of sp³-hybridized carbons (Fsp3) is 0.500. The van der Waals surface area contributed by atoms with E-state index >= 15 is 0 Å². The molecular weight excluding hydrogens is 311 g/mol. The highest BCUT2D eigenvalue weighted by molar-refractivity contribution is 6.04. The first-order valence-corrected chi connectivity index (χ1v) is 8.34. The standard InChI is InChI=1S/C18H25FN2O3/c19-16-5-3-15(4-6-16)18(23)14-17(2-1-11-22)20-7-8-21-9-12-24-13-10-21/h3-6,14,20,22H,1-2,7-13H2/b17-14+. The molecule has 6 heteroatoms. The highest BCUT2D eigenvalue weighted by atomic mass is 19.1. The van der Waals surface area contributed by atoms with Crippen LogP contribution in [0.5, 0.6) is 0 Å². The molecule has 2 N–H and O–H groups in total. The molecule has 1 saturated heterocycles. The topological polar surface area (TPSA) is 61.8 Å². The van der Waals surface area contributed by atoms with Gasteiger partial charge in [0.2, 0.25) is 0 Å². The Morgan fingerprint density at radius 3 is 2.67 bits per heavy atom. The molecule has 1 heterocycles. The summed E-state index contributed by atoms with van der Waals surface area (Å²) in [6, 6.07) is 5.51. The summed E-state index contributed by atoms with van der Waals surface area (Å²) in [5, 5.41) is 12.3. The van der Waals surface area contributed by atoms with Gasteiger partial charge in [-0.3, -0.25) is 9.69 Å². The highest BCUT2D eigenvalue weighted by Gasteiger charge is 2.10. The quantitative estimate of drug-likeness (QED) is 0.530. The Bertz CT molecular complexity index is 540. The molecule has 1 aliphatic rings. The number of carbonyl (C=O) groups is 1. The van der Waals surface area contributed by atoms with Crippen LogP contribution in [0.1, 0.15) is 23.2 Å². The number of aliphatic hydroxyl groups excluding tert-OH is 1. The molecule has 0 bridgehead atoms. The van der Waals surface area contributed by atoms with Gasteiger partial charge in [-0.05, 0) is 37.1 Å². The molecule has 5 nitrogen and oxygen atoms in total. The number of nitrogens with one attached hydrogen (secondary N) is 1. The van der Waals surface area contributed by atoms with E-state index in [-0.39, 0.29) is 18.2 Å². The lowest BCUT2D eigenvalue weighted by Crippen LogP contribution is -2.40. The maximum absolute atomic E-state index is 12.9. The smallest absolute Gasteiger partial charge is 0.187 e. The Kier molecular flexibility index (Phi) is 7.88. The van der Waals surface area contributed by atoms with Crippen LogP contribution in [-0.4, -0.2) is 61.8 Å². The van der Waals surface area contributed by atoms with Gasteiger partial charge in [0.25, 0.3) is 0 Å². The Morgan fingerprint density at radius 2 is 2.00 bits per heavy atom. The lowest BCUT2D eigenvalue weighted by molar-refractivity contribution is 0.0387. The van der Waals surface area contributed by atoms with Crippen molar-refractivity contribution in [3.63, 3.8) is 0 Å². The maximum atomic E-state index is 12.9. The number of allylic oxidation sites excluding steroid dienone is 2. The van der Waals surface area contributed by atoms with Crippen LogP contribution in [0.3, 0.4) is 0 Å². The largest absolute Gasteiger partial charge is 0.396 e. The third-order valence-electron chi connectivity index (χ3n) is 3.92. The van der Waals surface area contributed by atoms with Crippen LogP contribution in [0.25, 0.3) is 0 Å². The summed E-state index contributed by atoms with van der Waals surface area (Å²) in [5.74, 6) is -0.526. The Labute approximate surface area is 142 Å². The van der Waals surface area contributed by atoms with Crippen LogP contribution in [0.15, 0.2) is 36.0 Å². The number of hydrogen-bond acceptors (Lipinski definition) is 5. The minimum atomic E-state index is -0.361. The van der Waals surface area contributed by atoms with E-state index in [1.165, 1.54) is 24.3 Å². The average molecular weight is 336 g/mol. The first-order chi connectivity index (χ1) is 11.7. The summed E-state index contributed by atoms with van der Waals surface area (Å²) in [6.45, 7) is 5.05. The maximum Gasteiger partial charge on any atom is 0.187 e. The van der Waals surface area contributed by atoms with Crippen LogP contribution in [0.4, 0.5) is 4.39 Å². The molecule has 0 amide bonds. The number of carbonyl (C=O) groups excluding carboxylic acids is 1. The van der Waals surface area contributed by atoms with Gasteiger partial charge in [0, 0.05) is 50.1 Å². The summed E-state index contributed by atoms with van der Waals surface area (Å²) in [7, 11) is 0. The van der Waals surface area contributed by atoms with Gasteiger partial charge < -0.3 is 15.2 Å². The number of aliphatic hydroxyl groups is 1. The zero-order valence-electron chi connectivity index (χ0n) is 13.8. The first-order valence-electron chi connectivity index (χ1n) is 8.34. The molecule has 1 aromatic rings. The lowest BCUT2D eigenvalue weighted by atomic mass is 10.1. The Hall–Kier alpha value is -1.76. The molecule has 0 atom stereocenters. The number of benzene rings is 1. The highest BCUT2D eigenvalue weighted by Crippen LogP contribution is 2.08. The van der Waals surface area contributed by atoms with E-state index in [1.54, 1.807) is 6.08 Å². The molecule has 0 aromatic heterocycles. The summed E-state index contributed by atoms with van der Waals surface area (Å²) in [5.41, 5.74) is 1.25. The molecule has 0 saturated carbocycles. The molecule has 1 aliphatic heterocycles. The fourth-order valence-corrected chi connectivity index (χ4v) is 2.54. The molecule has 0 aliphatic carbocycles. The van der Waals surface area contributed by atoms with Gasteiger partial charge in [0.05, 0.1) is 13.2 Å². The van der Waals surface area contributed by atoms with E-state index in [4.69, 9.17) is 9.84 Å². The van der Waals surface area contributed by atoms with Gasteiger partial charge >= 0.3 is 0 Å². The average Bonchev–Trinajstić information content (AvgIpc) is 2.61. The predicted octanol–water partition coefficient (Wildman–Crippen LogP) is 1.59. The molecule has 1 fully saturated rings. The van der Waals surface area contributed by atoms with Crippen molar-refractivity contribution >= 4 is 5.78 Å². The van der Waals surface area contributed by atoms with E-state index in [9.17, 15) is 9.18 Å². The summed E-state index contributed by atoms with van der Waals surface area (Å²) in [4.78, 5) is 14.6. The third-order valence-corrected chi connectivity index (χ3v) is 3.92. The predicted molar refractivity (Wildman–Crippen MR) is 90.4 cm³/mol. The van der Waals surface area contributed by atoms with Crippen LogP contribution in [0, 0.1) is 5.82 Å². The molecule has 0 spiro atoms. The first kappa shape index (κ1) is 18.6. The number of hydrogen-bond donors (Lipinski definition) is 2. The van der Waals surface area contributed by atoms with Crippen molar-refractivity contribution in [2.75, 3.05) is 46.0 Å². The van der Waals surface area contributed by atoms with E-state index in [2.05, 4.69) is 10.2 Å². The monoisotopic (exact) mass is 336 g/mol. The van der Waals surface area contributed by atoms with Gasteiger partial charge in [-0.15, -0.1) is 0 Å². The van der Waals surface area contributed by atoms with Crippen molar-refractivity contribution in [2.45, 2.75) is 12.8 Å². The van der Waals surface area contributed by atoms with Crippen LogP contribution < -0.4 is 5.32 Å². The molecule has 1 aromatic carbocycles. The zero-order chi connectivity index (χ0) is 17.2. The second-order valence-electron chi connectivity index (χ2n) is 5.75. The Morgan fingerprint density at radius 1 is 1.29 bits per heavy atom. The minimum absolute atomic E-state index is 0.0766. The van der Waals surface area contributed by atoms with Crippen LogP contribution in [-0.2, 0) is 4.74 Å². The number of ether oxygens (including phenoxy) is 1. The van der Waals surface area contributed by atoms with Crippen molar-refractivity contribution in [1.29, 1.82) is 0 Å². The Balaban J connectivity index is 1.90. The third kappa shape index (κ3) is 6.39. The summed E-state index contributed by atoms with van der Waals surface area (Å²) < 4.78 is 18.3. The molecule has 132 valence electrons. The van der Waals surface area contributed by atoms with Crippen LogP contribution in [0.2, 0.25) is 0 Å². The van der Waals surface area contributed by atoms with Gasteiger partial charge in [-0.2, -0.15) is 0 Å². The van der Waals surface area contributed by atoms with Crippen molar-refractivity contribution in [1.82, 2.24) is 10.2 Å². The van der Waals surface area contributed by atoms with Crippen molar-refractivity contribution in [3.05, 3.63) is 47.4 Å². The number of nitrogens with zero attached hydrogens (tertiary/aromatic N) is 1. The molecule has 0 unspecified atom stereocenters. The number of rotatable bonds is 9. The van der Waals surface area contributed by atoms with Crippen molar-refractivity contribution < 1.29 is 19.0 Å². The van der Waals surface area contributed by atoms with E-state index < -0.39 is 0 Å². The number of morpholine rings is 1. The van der Waals surface area contributed by atoms with E-state index in [0.29, 0.717) is 18.4 Å². The molecule has 0 radical (unpaired) electrons. The van der Waals surface area contributed by atoms with Gasteiger partial charge in [0.1, 0.15) is 5.82 Å². The minimum Gasteiger partial charge on any atom is -0.396 e.